The molecule has 0 aliphatic heterocycles. The van der Waals surface area contributed by atoms with Crippen molar-refractivity contribution in [3.63, 3.8) is 0 Å². The van der Waals surface area contributed by atoms with Crippen molar-refractivity contribution in [3.05, 3.63) is 188 Å². The summed E-state index contributed by atoms with van der Waals surface area (Å²) in [6.07, 6.45) is 0. The summed E-state index contributed by atoms with van der Waals surface area (Å²) in [6.45, 7) is 0. The molecule has 0 spiro atoms. The quantitative estimate of drug-likeness (QED) is 0.176. The van der Waals surface area contributed by atoms with Gasteiger partial charge in [-0.1, -0.05) is 164 Å². The van der Waals surface area contributed by atoms with Crippen molar-refractivity contribution in [1.82, 2.24) is 24.1 Å². The highest BCUT2D eigenvalue weighted by atomic mass is 32.1. The lowest BCUT2D eigenvalue weighted by molar-refractivity contribution is 0.953. The maximum atomic E-state index is 5.35. The van der Waals surface area contributed by atoms with E-state index in [-0.39, 0.29) is 0 Å². The Labute approximate surface area is 331 Å². The Morgan fingerprint density at radius 1 is 0.333 bits per heavy atom. The monoisotopic (exact) mass is 745 g/mol. The Kier molecular flexibility index (Phi) is 7.03. The molecule has 0 unspecified atom stereocenters. The standard InChI is InChI=1S/C51H31N5S/c1-3-14-32(15-4-1)33-26-28-35(29-27-33)50-52-49(34-16-5-2-6-17-34)53-51(54-50)56-43-23-11-8-19-37(43)40-31-30-39-36-18-7-10-22-42(36)55(46(39)47(40)56)44-24-13-21-41-38-20-9-12-25-45(38)57-48(41)44/h1-31H. The molecule has 0 amide bonds. The van der Waals surface area contributed by atoms with E-state index in [9.17, 15) is 0 Å². The number of nitrogens with zero attached hydrogens (tertiary/aromatic N) is 5. The number of para-hydroxylation sites is 2. The Morgan fingerprint density at radius 2 is 0.825 bits per heavy atom. The van der Waals surface area contributed by atoms with E-state index in [1.165, 1.54) is 36.5 Å². The molecule has 266 valence electrons. The van der Waals surface area contributed by atoms with Gasteiger partial charge in [0.15, 0.2) is 11.6 Å². The minimum absolute atomic E-state index is 0.571. The SMILES string of the molecule is c1ccc(-c2ccc(-c3nc(-c4ccccc4)nc(-n4c5ccccc5c5ccc6c7ccccc7n(-c7cccc8c7sc7ccccc78)c6c54)n3)cc2)cc1. The summed E-state index contributed by atoms with van der Waals surface area (Å²) in [6, 6.07) is 66.6. The Bertz CT molecular complexity index is 3510. The van der Waals surface area contributed by atoms with E-state index in [1.54, 1.807) is 0 Å². The Hall–Kier alpha value is -7.41. The Balaban J connectivity index is 1.19. The average Bonchev–Trinajstić information content (AvgIpc) is 3.95. The molecule has 57 heavy (non-hydrogen) atoms. The van der Waals surface area contributed by atoms with Crippen LogP contribution in [0.3, 0.4) is 0 Å². The van der Waals surface area contributed by atoms with Gasteiger partial charge in [-0.2, -0.15) is 9.97 Å². The normalized spacial score (nSPS) is 11.9. The van der Waals surface area contributed by atoms with E-state index in [1.807, 2.05) is 35.6 Å². The van der Waals surface area contributed by atoms with Crippen LogP contribution in [0.1, 0.15) is 0 Å². The van der Waals surface area contributed by atoms with Crippen molar-refractivity contribution in [3.8, 4) is 45.5 Å². The Morgan fingerprint density at radius 3 is 1.51 bits per heavy atom. The highest BCUT2D eigenvalue weighted by Crippen LogP contribution is 2.44. The zero-order valence-corrected chi connectivity index (χ0v) is 31.4. The number of aromatic nitrogens is 5. The van der Waals surface area contributed by atoms with E-state index in [4.69, 9.17) is 15.0 Å². The zero-order chi connectivity index (χ0) is 37.5. The summed E-state index contributed by atoms with van der Waals surface area (Å²) in [5, 5.41) is 7.20. The van der Waals surface area contributed by atoms with Crippen molar-refractivity contribution >= 4 is 75.1 Å². The number of hydrogen-bond donors (Lipinski definition) is 0. The molecule has 0 bridgehead atoms. The van der Waals surface area contributed by atoms with Crippen LogP contribution < -0.4 is 0 Å². The first-order valence-electron chi connectivity index (χ1n) is 19.1. The van der Waals surface area contributed by atoms with Gasteiger partial charge < -0.3 is 4.57 Å². The van der Waals surface area contributed by atoms with Gasteiger partial charge in [0, 0.05) is 48.1 Å². The lowest BCUT2D eigenvalue weighted by atomic mass is 10.0. The molecule has 8 aromatic carbocycles. The van der Waals surface area contributed by atoms with Gasteiger partial charge in [0.25, 0.3) is 0 Å². The fourth-order valence-corrected chi connectivity index (χ4v) is 9.83. The molecule has 0 aliphatic carbocycles. The van der Waals surface area contributed by atoms with Gasteiger partial charge in [0.2, 0.25) is 5.95 Å². The van der Waals surface area contributed by atoms with Gasteiger partial charge in [0.1, 0.15) is 0 Å². The predicted octanol–water partition coefficient (Wildman–Crippen LogP) is 13.4. The van der Waals surface area contributed by atoms with Crippen LogP contribution in [0.15, 0.2) is 188 Å². The maximum absolute atomic E-state index is 5.35. The molecule has 0 fully saturated rings. The summed E-state index contributed by atoms with van der Waals surface area (Å²) >= 11 is 1.85. The van der Waals surface area contributed by atoms with Gasteiger partial charge in [-0.25, -0.2) is 4.98 Å². The molecule has 0 aliphatic rings. The van der Waals surface area contributed by atoms with Gasteiger partial charge in [-0.05, 0) is 35.4 Å². The molecule has 6 heteroatoms. The predicted molar refractivity (Wildman–Crippen MR) is 238 cm³/mol. The third kappa shape index (κ3) is 4.91. The maximum Gasteiger partial charge on any atom is 0.238 e. The van der Waals surface area contributed by atoms with Gasteiger partial charge >= 0.3 is 0 Å². The van der Waals surface area contributed by atoms with Crippen LogP contribution in [0.4, 0.5) is 0 Å². The number of rotatable bonds is 5. The van der Waals surface area contributed by atoms with Crippen molar-refractivity contribution in [2.24, 2.45) is 0 Å². The molecular weight excluding hydrogens is 715 g/mol. The van der Waals surface area contributed by atoms with Gasteiger partial charge in [0.05, 0.1) is 32.5 Å². The summed E-state index contributed by atoms with van der Waals surface area (Å²) in [4.78, 5) is 15.8. The van der Waals surface area contributed by atoms with Crippen molar-refractivity contribution < 1.29 is 0 Å². The van der Waals surface area contributed by atoms with Crippen LogP contribution in [0.5, 0.6) is 0 Å². The molecule has 0 radical (unpaired) electrons. The van der Waals surface area contributed by atoms with Crippen LogP contribution in [0.25, 0.3) is 109 Å². The second kappa shape index (κ2) is 12.6. The topological polar surface area (TPSA) is 48.5 Å². The highest BCUT2D eigenvalue weighted by molar-refractivity contribution is 7.26. The zero-order valence-electron chi connectivity index (χ0n) is 30.5. The summed E-state index contributed by atoms with van der Waals surface area (Å²) in [7, 11) is 0. The second-order valence-corrected chi connectivity index (χ2v) is 15.5. The minimum atomic E-state index is 0.571. The van der Waals surface area contributed by atoms with E-state index < -0.39 is 0 Å². The molecule has 5 nitrogen and oxygen atoms in total. The third-order valence-electron chi connectivity index (χ3n) is 11.2. The molecule has 4 aromatic heterocycles. The van der Waals surface area contributed by atoms with E-state index in [2.05, 4.69) is 173 Å². The molecule has 0 saturated heterocycles. The fourth-order valence-electron chi connectivity index (χ4n) is 8.62. The molecule has 0 saturated carbocycles. The number of fused-ring (bicyclic) bond motifs is 10. The largest absolute Gasteiger partial charge is 0.306 e. The number of hydrogen-bond acceptors (Lipinski definition) is 4. The summed E-state index contributed by atoms with van der Waals surface area (Å²) in [5.41, 5.74) is 9.68. The van der Waals surface area contributed by atoms with Crippen molar-refractivity contribution in [1.29, 1.82) is 0 Å². The van der Waals surface area contributed by atoms with Crippen LogP contribution >= 0.6 is 11.3 Å². The lowest BCUT2D eigenvalue weighted by Crippen LogP contribution is -2.07. The van der Waals surface area contributed by atoms with Crippen LogP contribution in [0, 0.1) is 0 Å². The second-order valence-electron chi connectivity index (χ2n) is 14.4. The summed E-state index contributed by atoms with van der Waals surface area (Å²) < 4.78 is 7.28. The van der Waals surface area contributed by atoms with Crippen molar-refractivity contribution in [2.75, 3.05) is 0 Å². The van der Waals surface area contributed by atoms with Gasteiger partial charge in [-0.15, -0.1) is 11.3 Å². The minimum Gasteiger partial charge on any atom is -0.306 e. The van der Waals surface area contributed by atoms with Crippen LogP contribution in [-0.2, 0) is 0 Å². The molecule has 12 rings (SSSR count). The molecular formula is C51H31N5S. The van der Waals surface area contributed by atoms with E-state index in [0.717, 1.165) is 55.2 Å². The van der Waals surface area contributed by atoms with Crippen LogP contribution in [0.2, 0.25) is 0 Å². The first-order valence-corrected chi connectivity index (χ1v) is 19.9. The van der Waals surface area contributed by atoms with E-state index in [0.29, 0.717) is 17.6 Å². The summed E-state index contributed by atoms with van der Waals surface area (Å²) in [5.74, 6) is 1.81. The fraction of sp³-hybridized carbons (Fsp3) is 0. The first kappa shape index (κ1) is 31.9. The first-order chi connectivity index (χ1) is 28.3. The molecule has 0 atom stereocenters. The third-order valence-corrected chi connectivity index (χ3v) is 12.4. The molecule has 12 aromatic rings. The van der Waals surface area contributed by atoms with Crippen LogP contribution in [-0.4, -0.2) is 24.1 Å². The number of thiophene rings is 1. The van der Waals surface area contributed by atoms with Crippen molar-refractivity contribution in [2.45, 2.75) is 0 Å². The smallest absolute Gasteiger partial charge is 0.238 e. The van der Waals surface area contributed by atoms with Gasteiger partial charge in [-0.3, -0.25) is 4.57 Å². The molecule has 0 N–H and O–H groups in total. The average molecular weight is 746 g/mol. The lowest BCUT2D eigenvalue weighted by Gasteiger charge is -2.14. The van der Waals surface area contributed by atoms with E-state index >= 15 is 0 Å². The number of benzene rings is 8. The molecule has 4 heterocycles. The highest BCUT2D eigenvalue weighted by Gasteiger charge is 2.24.